The maximum absolute atomic E-state index is 11.7. The van der Waals surface area contributed by atoms with E-state index in [1.807, 2.05) is 0 Å². The van der Waals surface area contributed by atoms with Crippen molar-refractivity contribution in [2.24, 2.45) is 0 Å². The number of nitrogens with zero attached hydrogens (tertiary/aromatic N) is 2. The third-order valence-electron chi connectivity index (χ3n) is 2.05. The van der Waals surface area contributed by atoms with Crippen molar-refractivity contribution in [3.05, 3.63) is 35.4 Å². The molecule has 0 radical (unpaired) electrons. The molecular formula is C12H9Cl3N2O4. The zero-order valence-corrected chi connectivity index (χ0v) is 12.9. The second-order valence-corrected chi connectivity index (χ2v) is 6.27. The summed E-state index contributed by atoms with van der Waals surface area (Å²) in [6.45, 7) is 0.754. The van der Waals surface area contributed by atoms with Gasteiger partial charge in [-0.15, -0.1) is 0 Å². The zero-order chi connectivity index (χ0) is 16.0. The van der Waals surface area contributed by atoms with Gasteiger partial charge in [0, 0.05) is 6.92 Å². The summed E-state index contributed by atoms with van der Waals surface area (Å²) in [4.78, 5) is 25.3. The standard InChI is InChI=1S/C12H9Cl3N2O4/c1-7(18)21-9-4-2-8(3-5-9)10(17-16)11(19)20-6-12(13,14)15/h2-5H,6H2,1H3. The monoisotopic (exact) mass is 350 g/mol. The van der Waals surface area contributed by atoms with Crippen LogP contribution in [0.4, 0.5) is 0 Å². The molecule has 0 aliphatic rings. The average molecular weight is 352 g/mol. The molecule has 0 atom stereocenters. The molecule has 0 bridgehead atoms. The molecule has 0 saturated carbocycles. The first-order chi connectivity index (χ1) is 9.73. The molecule has 0 aliphatic carbocycles. The molecule has 0 N–H and O–H groups in total. The minimum absolute atomic E-state index is 0.239. The number of halogens is 3. The van der Waals surface area contributed by atoms with Gasteiger partial charge in [0.05, 0.1) is 5.56 Å². The molecule has 21 heavy (non-hydrogen) atoms. The van der Waals surface area contributed by atoms with Gasteiger partial charge >= 0.3 is 17.7 Å². The summed E-state index contributed by atoms with van der Waals surface area (Å²) in [6.07, 6.45) is 0. The molecule has 0 amide bonds. The van der Waals surface area contributed by atoms with E-state index in [9.17, 15) is 9.59 Å². The average Bonchev–Trinajstić information content (AvgIpc) is 2.38. The normalized spacial score (nSPS) is 10.5. The molecule has 0 spiro atoms. The van der Waals surface area contributed by atoms with E-state index in [1.54, 1.807) is 0 Å². The predicted molar refractivity (Wildman–Crippen MR) is 76.7 cm³/mol. The Labute approximate surface area is 135 Å². The van der Waals surface area contributed by atoms with Gasteiger partial charge in [0.2, 0.25) is 3.79 Å². The van der Waals surface area contributed by atoms with E-state index in [1.165, 1.54) is 31.2 Å². The molecule has 1 aromatic carbocycles. The molecule has 1 aromatic rings. The van der Waals surface area contributed by atoms with Gasteiger partial charge < -0.3 is 15.0 Å². The van der Waals surface area contributed by atoms with Gasteiger partial charge in [0.1, 0.15) is 12.4 Å². The lowest BCUT2D eigenvalue weighted by Crippen LogP contribution is -2.24. The number of rotatable bonds is 4. The summed E-state index contributed by atoms with van der Waals surface area (Å²) < 4.78 is 7.75. The fourth-order valence-electron chi connectivity index (χ4n) is 1.28. The van der Waals surface area contributed by atoms with E-state index < -0.39 is 22.3 Å². The van der Waals surface area contributed by atoms with Crippen LogP contribution in [-0.2, 0) is 14.3 Å². The fourth-order valence-corrected chi connectivity index (χ4v) is 1.44. The summed E-state index contributed by atoms with van der Waals surface area (Å²) in [5, 5.41) is 0. The SMILES string of the molecule is CC(=O)Oc1ccc(C(=[N+]=[N-])C(=O)OCC(Cl)(Cl)Cl)cc1. The van der Waals surface area contributed by atoms with Crippen molar-refractivity contribution < 1.29 is 23.9 Å². The number of benzene rings is 1. The van der Waals surface area contributed by atoms with Crippen LogP contribution < -0.4 is 4.74 Å². The van der Waals surface area contributed by atoms with Gasteiger partial charge in [-0.05, 0) is 24.3 Å². The van der Waals surface area contributed by atoms with Gasteiger partial charge in [-0.2, -0.15) is 4.79 Å². The van der Waals surface area contributed by atoms with Gasteiger partial charge in [0.25, 0.3) is 0 Å². The van der Waals surface area contributed by atoms with Crippen LogP contribution in [-0.4, -0.2) is 32.8 Å². The van der Waals surface area contributed by atoms with Gasteiger partial charge in [-0.25, -0.2) is 4.79 Å². The third-order valence-corrected chi connectivity index (χ3v) is 2.38. The van der Waals surface area contributed by atoms with E-state index in [4.69, 9.17) is 49.8 Å². The maximum Gasteiger partial charge on any atom is 0.422 e. The van der Waals surface area contributed by atoms with Crippen LogP contribution in [0.1, 0.15) is 12.5 Å². The molecule has 0 saturated heterocycles. The molecule has 112 valence electrons. The van der Waals surface area contributed by atoms with Crippen LogP contribution in [0.25, 0.3) is 5.53 Å². The Hall–Kier alpha value is -1.59. The Morgan fingerprint density at radius 2 is 1.81 bits per heavy atom. The number of ether oxygens (including phenoxy) is 2. The Morgan fingerprint density at radius 1 is 1.24 bits per heavy atom. The molecule has 0 fully saturated rings. The Bertz CT molecular complexity index is 590. The summed E-state index contributed by atoms with van der Waals surface area (Å²) in [5.41, 5.74) is 8.76. The number of hydrogen-bond acceptors (Lipinski definition) is 4. The molecule has 0 heterocycles. The van der Waals surface area contributed by atoms with E-state index >= 15 is 0 Å². The first-order valence-corrected chi connectivity index (χ1v) is 6.61. The highest BCUT2D eigenvalue weighted by Crippen LogP contribution is 2.26. The minimum Gasteiger partial charge on any atom is -0.452 e. The van der Waals surface area contributed by atoms with Crippen LogP contribution in [0, 0.1) is 0 Å². The van der Waals surface area contributed by atoms with E-state index in [0.29, 0.717) is 0 Å². The van der Waals surface area contributed by atoms with Crippen LogP contribution in [0.5, 0.6) is 5.75 Å². The molecule has 1 rings (SSSR count). The number of carbonyl (C=O) groups excluding carboxylic acids is 2. The Morgan fingerprint density at radius 3 is 2.24 bits per heavy atom. The van der Waals surface area contributed by atoms with Crippen molar-refractivity contribution in [3.8, 4) is 5.75 Å². The van der Waals surface area contributed by atoms with Gasteiger partial charge in [0.15, 0.2) is 0 Å². The molecule has 0 aliphatic heterocycles. The lowest BCUT2D eigenvalue weighted by atomic mass is 10.1. The number of hydrogen-bond donors (Lipinski definition) is 0. The van der Waals surface area contributed by atoms with E-state index in [2.05, 4.69) is 4.79 Å². The lowest BCUT2D eigenvalue weighted by Gasteiger charge is -2.09. The second kappa shape index (κ2) is 7.43. The summed E-state index contributed by atoms with van der Waals surface area (Å²) >= 11 is 16.3. The zero-order valence-electron chi connectivity index (χ0n) is 10.7. The van der Waals surface area contributed by atoms with Crippen molar-refractivity contribution in [1.29, 1.82) is 0 Å². The van der Waals surface area contributed by atoms with Crippen LogP contribution >= 0.6 is 34.8 Å². The van der Waals surface area contributed by atoms with Crippen molar-refractivity contribution in [1.82, 2.24) is 0 Å². The van der Waals surface area contributed by atoms with Crippen molar-refractivity contribution in [3.63, 3.8) is 0 Å². The largest absolute Gasteiger partial charge is 0.452 e. The highest BCUT2D eigenvalue weighted by molar-refractivity contribution is 6.67. The maximum atomic E-state index is 11.7. The molecule has 0 aromatic heterocycles. The quantitative estimate of drug-likeness (QED) is 0.208. The predicted octanol–water partition coefficient (Wildman–Crippen LogP) is 2.54. The number of alkyl halides is 3. The van der Waals surface area contributed by atoms with Crippen molar-refractivity contribution in [2.75, 3.05) is 6.61 Å². The molecule has 9 heteroatoms. The highest BCUT2D eigenvalue weighted by Gasteiger charge is 2.29. The number of carbonyl (C=O) groups is 2. The third kappa shape index (κ3) is 6.14. The Kier molecular flexibility index (Phi) is 6.18. The second-order valence-electron chi connectivity index (χ2n) is 3.76. The minimum atomic E-state index is -1.77. The topological polar surface area (TPSA) is 89.0 Å². The lowest BCUT2D eigenvalue weighted by molar-refractivity contribution is -0.140. The highest BCUT2D eigenvalue weighted by atomic mass is 35.6. The molecule has 6 nitrogen and oxygen atoms in total. The van der Waals surface area contributed by atoms with Crippen LogP contribution in [0.15, 0.2) is 24.3 Å². The molecule has 0 unspecified atom stereocenters. The summed E-state index contributed by atoms with van der Waals surface area (Å²) in [7, 11) is 0. The number of esters is 2. The smallest absolute Gasteiger partial charge is 0.422 e. The fraction of sp³-hybridized carbons (Fsp3) is 0.250. The van der Waals surface area contributed by atoms with Crippen LogP contribution in [0.2, 0.25) is 0 Å². The van der Waals surface area contributed by atoms with Crippen LogP contribution in [0.3, 0.4) is 0 Å². The van der Waals surface area contributed by atoms with Crippen molar-refractivity contribution in [2.45, 2.75) is 10.7 Å². The first kappa shape index (κ1) is 17.5. The van der Waals surface area contributed by atoms with E-state index in [-0.39, 0.29) is 17.0 Å². The van der Waals surface area contributed by atoms with Gasteiger partial charge in [-0.3, -0.25) is 4.79 Å². The first-order valence-electron chi connectivity index (χ1n) is 5.47. The van der Waals surface area contributed by atoms with E-state index in [0.717, 1.165) is 0 Å². The summed E-state index contributed by atoms with van der Waals surface area (Å²) in [6, 6.07) is 5.65. The van der Waals surface area contributed by atoms with Crippen molar-refractivity contribution >= 4 is 52.5 Å². The summed E-state index contributed by atoms with van der Waals surface area (Å²) in [5.74, 6) is -1.18. The Balaban J connectivity index is 2.83. The van der Waals surface area contributed by atoms with Gasteiger partial charge in [-0.1, -0.05) is 34.8 Å². The molecular weight excluding hydrogens is 343 g/mol.